The zero-order valence-corrected chi connectivity index (χ0v) is 17.9. The van der Waals surface area contributed by atoms with Gasteiger partial charge in [0.25, 0.3) is 0 Å². The zero-order valence-electron chi connectivity index (χ0n) is 17.9. The molecular weight excluding hydrogens is 406 g/mol. The maximum Gasteiger partial charge on any atom is 0.231 e. The molecule has 0 aliphatic carbocycles. The summed E-state index contributed by atoms with van der Waals surface area (Å²) in [6.45, 7) is 6.28. The molecule has 1 fully saturated rings. The normalized spacial score (nSPS) is 15.6. The number of fused-ring (bicyclic) bond motifs is 1. The van der Waals surface area contributed by atoms with E-state index in [1.54, 1.807) is 6.33 Å². The van der Waals surface area contributed by atoms with Crippen molar-refractivity contribution in [1.82, 2.24) is 14.9 Å². The Labute approximate surface area is 187 Å². The molecule has 2 aliphatic rings. The van der Waals surface area contributed by atoms with Gasteiger partial charge in [-0.15, -0.1) is 0 Å². The number of anilines is 2. The number of piperazine rings is 1. The van der Waals surface area contributed by atoms with E-state index in [4.69, 9.17) is 14.2 Å². The highest BCUT2D eigenvalue weighted by molar-refractivity contribution is 5.49. The lowest BCUT2D eigenvalue weighted by Crippen LogP contribution is -2.46. The Morgan fingerprint density at radius 2 is 1.75 bits per heavy atom. The number of hydrogen-bond acceptors (Lipinski definition) is 8. The molecule has 0 radical (unpaired) electrons. The van der Waals surface area contributed by atoms with Gasteiger partial charge < -0.3 is 24.4 Å². The maximum absolute atomic E-state index is 5.72. The van der Waals surface area contributed by atoms with Crippen LogP contribution in [0.5, 0.6) is 17.2 Å². The largest absolute Gasteiger partial charge is 0.492 e. The number of nitrogens with zero attached hydrogens (tertiary/aromatic N) is 4. The molecule has 2 aromatic carbocycles. The molecule has 1 aromatic heterocycles. The van der Waals surface area contributed by atoms with Gasteiger partial charge in [-0.25, -0.2) is 9.97 Å². The third kappa shape index (κ3) is 5.03. The first-order chi connectivity index (χ1) is 15.8. The molecule has 0 saturated carbocycles. The molecule has 32 heavy (non-hydrogen) atoms. The second-order valence-electron chi connectivity index (χ2n) is 7.80. The minimum atomic E-state index is 0.313. The Morgan fingerprint density at radius 3 is 2.62 bits per heavy atom. The van der Waals surface area contributed by atoms with E-state index in [-0.39, 0.29) is 0 Å². The Balaban J connectivity index is 1.09. The first-order valence-corrected chi connectivity index (χ1v) is 10.9. The number of rotatable bonds is 8. The number of hydrogen-bond donors (Lipinski definition) is 1. The average Bonchev–Trinajstić information content (AvgIpc) is 3.31. The van der Waals surface area contributed by atoms with Gasteiger partial charge in [-0.1, -0.05) is 24.3 Å². The van der Waals surface area contributed by atoms with Crippen molar-refractivity contribution in [2.24, 2.45) is 0 Å². The van der Waals surface area contributed by atoms with Crippen LogP contribution in [0, 0.1) is 0 Å². The molecule has 0 bridgehead atoms. The first-order valence-electron chi connectivity index (χ1n) is 10.9. The summed E-state index contributed by atoms with van der Waals surface area (Å²) in [7, 11) is 0. The lowest BCUT2D eigenvalue weighted by Gasteiger charge is -2.35. The van der Waals surface area contributed by atoms with Crippen molar-refractivity contribution in [3.05, 3.63) is 66.5 Å². The molecular formula is C24H27N5O3. The number of aromatic nitrogens is 2. The minimum Gasteiger partial charge on any atom is -0.492 e. The first kappa shape index (κ1) is 20.4. The average molecular weight is 434 g/mol. The summed E-state index contributed by atoms with van der Waals surface area (Å²) in [6, 6.07) is 18.0. The van der Waals surface area contributed by atoms with Crippen LogP contribution in [0.15, 0.2) is 60.9 Å². The van der Waals surface area contributed by atoms with Crippen LogP contribution in [0.4, 0.5) is 11.6 Å². The Hall–Kier alpha value is -3.52. The van der Waals surface area contributed by atoms with Crippen LogP contribution in [0.1, 0.15) is 5.56 Å². The quantitative estimate of drug-likeness (QED) is 0.544. The molecule has 8 heteroatoms. The summed E-state index contributed by atoms with van der Waals surface area (Å²) in [5.74, 6) is 4.31. The number of benzene rings is 2. The number of nitrogens with one attached hydrogen (secondary N) is 1. The zero-order chi connectivity index (χ0) is 21.6. The monoisotopic (exact) mass is 433 g/mol. The SMILES string of the molecule is c1ccc(OCCNc2cc(N3CCN(Cc4ccc5c(c4)OCO5)CC3)ncn2)cc1. The molecule has 0 amide bonds. The van der Waals surface area contributed by atoms with Crippen molar-refractivity contribution in [1.29, 1.82) is 0 Å². The predicted octanol–water partition coefficient (Wildman–Crippen LogP) is 3.02. The molecule has 0 spiro atoms. The van der Waals surface area contributed by atoms with E-state index in [1.807, 2.05) is 42.5 Å². The fourth-order valence-electron chi connectivity index (χ4n) is 3.91. The lowest BCUT2D eigenvalue weighted by molar-refractivity contribution is 0.174. The van der Waals surface area contributed by atoms with Gasteiger partial charge in [-0.05, 0) is 29.8 Å². The molecule has 8 nitrogen and oxygen atoms in total. The summed E-state index contributed by atoms with van der Waals surface area (Å²) >= 11 is 0. The van der Waals surface area contributed by atoms with E-state index >= 15 is 0 Å². The van der Waals surface area contributed by atoms with Crippen LogP contribution >= 0.6 is 0 Å². The van der Waals surface area contributed by atoms with Crippen molar-refractivity contribution in [2.75, 3.05) is 56.3 Å². The van der Waals surface area contributed by atoms with Crippen molar-refractivity contribution in [3.63, 3.8) is 0 Å². The smallest absolute Gasteiger partial charge is 0.231 e. The highest BCUT2D eigenvalue weighted by Gasteiger charge is 2.20. The molecule has 0 atom stereocenters. The molecule has 1 saturated heterocycles. The Bertz CT molecular complexity index is 1030. The molecule has 166 valence electrons. The Kier molecular flexibility index (Phi) is 6.20. The summed E-state index contributed by atoms with van der Waals surface area (Å²) < 4.78 is 16.6. The van der Waals surface area contributed by atoms with E-state index in [0.29, 0.717) is 19.9 Å². The van der Waals surface area contributed by atoms with Crippen molar-refractivity contribution < 1.29 is 14.2 Å². The second kappa shape index (κ2) is 9.74. The lowest BCUT2D eigenvalue weighted by atomic mass is 10.1. The second-order valence-corrected chi connectivity index (χ2v) is 7.80. The van der Waals surface area contributed by atoms with E-state index in [1.165, 1.54) is 5.56 Å². The van der Waals surface area contributed by atoms with Gasteiger partial charge in [0.1, 0.15) is 30.3 Å². The summed E-state index contributed by atoms with van der Waals surface area (Å²) in [5.41, 5.74) is 1.24. The summed E-state index contributed by atoms with van der Waals surface area (Å²) in [4.78, 5) is 13.6. The van der Waals surface area contributed by atoms with Crippen LogP contribution in [0.25, 0.3) is 0 Å². The van der Waals surface area contributed by atoms with E-state index in [0.717, 1.165) is 61.6 Å². The van der Waals surface area contributed by atoms with Crippen molar-refractivity contribution in [2.45, 2.75) is 6.54 Å². The van der Waals surface area contributed by atoms with Crippen LogP contribution in [0.2, 0.25) is 0 Å². The fraction of sp³-hybridized carbons (Fsp3) is 0.333. The van der Waals surface area contributed by atoms with E-state index in [9.17, 15) is 0 Å². The Morgan fingerprint density at radius 1 is 0.906 bits per heavy atom. The van der Waals surface area contributed by atoms with Gasteiger partial charge in [-0.3, -0.25) is 4.90 Å². The number of ether oxygens (including phenoxy) is 3. The molecule has 5 rings (SSSR count). The molecule has 1 N–H and O–H groups in total. The van der Waals surface area contributed by atoms with Gasteiger partial charge in [0.15, 0.2) is 11.5 Å². The topological polar surface area (TPSA) is 72.0 Å². The molecule has 0 unspecified atom stereocenters. The highest BCUT2D eigenvalue weighted by Crippen LogP contribution is 2.33. The molecule has 2 aliphatic heterocycles. The minimum absolute atomic E-state index is 0.313. The van der Waals surface area contributed by atoms with Crippen LogP contribution in [0.3, 0.4) is 0 Å². The summed E-state index contributed by atoms with van der Waals surface area (Å²) in [5, 5.41) is 3.32. The standard InChI is InChI=1S/C24H27N5O3/c1-2-4-20(5-3-1)30-13-8-25-23-15-24(27-17-26-23)29-11-9-28(10-12-29)16-19-6-7-21-22(14-19)32-18-31-21/h1-7,14-15,17H,8-13,16,18H2,(H,25,26,27). The fourth-order valence-corrected chi connectivity index (χ4v) is 3.91. The summed E-state index contributed by atoms with van der Waals surface area (Å²) in [6.07, 6.45) is 1.62. The maximum atomic E-state index is 5.72. The van der Waals surface area contributed by atoms with E-state index in [2.05, 4.69) is 37.2 Å². The molecule has 3 aromatic rings. The molecule has 3 heterocycles. The van der Waals surface area contributed by atoms with Gasteiger partial charge in [0.2, 0.25) is 6.79 Å². The third-order valence-electron chi connectivity index (χ3n) is 5.61. The van der Waals surface area contributed by atoms with Crippen LogP contribution < -0.4 is 24.4 Å². The number of para-hydroxylation sites is 1. The van der Waals surface area contributed by atoms with Gasteiger partial charge in [0, 0.05) is 38.8 Å². The van der Waals surface area contributed by atoms with Crippen molar-refractivity contribution >= 4 is 11.6 Å². The highest BCUT2D eigenvalue weighted by atomic mass is 16.7. The van der Waals surface area contributed by atoms with E-state index < -0.39 is 0 Å². The van der Waals surface area contributed by atoms with Crippen molar-refractivity contribution in [3.8, 4) is 17.2 Å². The van der Waals surface area contributed by atoms with Gasteiger partial charge in [0.05, 0.1) is 6.54 Å². The van der Waals surface area contributed by atoms with Gasteiger partial charge >= 0.3 is 0 Å². The third-order valence-corrected chi connectivity index (χ3v) is 5.61. The van der Waals surface area contributed by atoms with Crippen LogP contribution in [-0.4, -0.2) is 61.0 Å². The predicted molar refractivity (Wildman–Crippen MR) is 123 cm³/mol. The van der Waals surface area contributed by atoms with Crippen LogP contribution in [-0.2, 0) is 6.54 Å². The van der Waals surface area contributed by atoms with Gasteiger partial charge in [-0.2, -0.15) is 0 Å².